The molecule has 0 fully saturated rings. The molecule has 0 aliphatic heterocycles. The SMILES string of the molecule is CCC[Si](CCC)(CCC)OC(=O)/N=N/C(=O)OCC(C)C. The summed E-state index contributed by atoms with van der Waals surface area (Å²) >= 11 is 0. The lowest BCUT2D eigenvalue weighted by Crippen LogP contribution is -2.39. The third kappa shape index (κ3) is 8.91. The Kier molecular flexibility index (Phi) is 10.7. The van der Waals surface area contributed by atoms with Crippen LogP contribution >= 0.6 is 0 Å². The van der Waals surface area contributed by atoms with Gasteiger partial charge in [-0.3, -0.25) is 0 Å². The van der Waals surface area contributed by atoms with Crippen LogP contribution in [0.1, 0.15) is 53.9 Å². The first-order valence-corrected chi connectivity index (χ1v) is 10.7. The van der Waals surface area contributed by atoms with E-state index in [0.29, 0.717) is 0 Å². The molecule has 0 N–H and O–H groups in total. The van der Waals surface area contributed by atoms with Gasteiger partial charge in [0.05, 0.1) is 6.61 Å². The topological polar surface area (TPSA) is 77.3 Å². The Labute approximate surface area is 134 Å². The van der Waals surface area contributed by atoms with E-state index in [1.54, 1.807) is 0 Å². The minimum atomic E-state index is -2.12. The number of carbonyl (C=O) groups is 2. The van der Waals surface area contributed by atoms with Gasteiger partial charge in [0.2, 0.25) is 0 Å². The summed E-state index contributed by atoms with van der Waals surface area (Å²) < 4.78 is 10.5. The normalized spacial score (nSPS) is 11.9. The molecule has 0 aromatic heterocycles. The Bertz CT molecular complexity index is 356. The summed E-state index contributed by atoms with van der Waals surface area (Å²) in [6.45, 7) is 10.4. The van der Waals surface area contributed by atoms with Gasteiger partial charge in [0, 0.05) is 0 Å². The average molecular weight is 331 g/mol. The van der Waals surface area contributed by atoms with Crippen LogP contribution in [0, 0.1) is 5.92 Å². The molecule has 0 radical (unpaired) electrons. The monoisotopic (exact) mass is 330 g/mol. The Balaban J connectivity index is 4.63. The Morgan fingerprint density at radius 3 is 1.77 bits per heavy atom. The first-order valence-electron chi connectivity index (χ1n) is 8.20. The third-order valence-electron chi connectivity index (χ3n) is 3.17. The van der Waals surface area contributed by atoms with E-state index in [9.17, 15) is 9.59 Å². The molecule has 22 heavy (non-hydrogen) atoms. The smallest absolute Gasteiger partial charge is 0.452 e. The van der Waals surface area contributed by atoms with Crippen molar-refractivity contribution in [1.29, 1.82) is 0 Å². The van der Waals surface area contributed by atoms with Crippen molar-refractivity contribution in [3.05, 3.63) is 0 Å². The highest BCUT2D eigenvalue weighted by Crippen LogP contribution is 2.28. The lowest BCUT2D eigenvalue weighted by Gasteiger charge is -2.29. The molecule has 0 bridgehead atoms. The van der Waals surface area contributed by atoms with Crippen molar-refractivity contribution in [2.24, 2.45) is 16.1 Å². The average Bonchev–Trinajstić information content (AvgIpc) is 2.43. The van der Waals surface area contributed by atoms with E-state index in [4.69, 9.17) is 9.16 Å². The molecule has 2 amide bonds. The van der Waals surface area contributed by atoms with Crippen LogP contribution in [-0.2, 0) is 9.16 Å². The van der Waals surface area contributed by atoms with Crippen LogP contribution in [0.15, 0.2) is 10.2 Å². The van der Waals surface area contributed by atoms with E-state index in [1.807, 2.05) is 13.8 Å². The van der Waals surface area contributed by atoms with Crippen molar-refractivity contribution in [1.82, 2.24) is 0 Å². The second-order valence-electron chi connectivity index (χ2n) is 5.97. The van der Waals surface area contributed by atoms with Crippen molar-refractivity contribution in [2.45, 2.75) is 72.0 Å². The highest BCUT2D eigenvalue weighted by molar-refractivity contribution is 6.75. The van der Waals surface area contributed by atoms with Gasteiger partial charge < -0.3 is 9.16 Å². The summed E-state index contributed by atoms with van der Waals surface area (Å²) in [5.74, 6) is 0.213. The molecule has 0 unspecified atom stereocenters. The van der Waals surface area contributed by atoms with Crippen LogP contribution in [0.2, 0.25) is 18.1 Å². The van der Waals surface area contributed by atoms with E-state index in [-0.39, 0.29) is 12.5 Å². The largest absolute Gasteiger partial charge is 0.501 e. The fourth-order valence-electron chi connectivity index (χ4n) is 2.45. The zero-order valence-corrected chi connectivity index (χ0v) is 15.6. The van der Waals surface area contributed by atoms with Gasteiger partial charge in [-0.25, -0.2) is 9.59 Å². The van der Waals surface area contributed by atoms with Crippen molar-refractivity contribution < 1.29 is 18.8 Å². The zero-order valence-electron chi connectivity index (χ0n) is 14.6. The van der Waals surface area contributed by atoms with Gasteiger partial charge in [-0.15, -0.1) is 0 Å². The van der Waals surface area contributed by atoms with E-state index in [0.717, 1.165) is 37.4 Å². The molecular formula is C15H30N2O4Si. The molecule has 0 heterocycles. The molecule has 0 saturated carbocycles. The van der Waals surface area contributed by atoms with Crippen LogP contribution in [-0.4, -0.2) is 27.1 Å². The summed E-state index contributed by atoms with van der Waals surface area (Å²) in [4.78, 5) is 23.2. The van der Waals surface area contributed by atoms with E-state index >= 15 is 0 Å². The second-order valence-corrected chi connectivity index (χ2v) is 10.0. The number of ether oxygens (including phenoxy) is 1. The Morgan fingerprint density at radius 2 is 1.36 bits per heavy atom. The first kappa shape index (κ1) is 20.8. The van der Waals surface area contributed by atoms with Crippen LogP contribution in [0.5, 0.6) is 0 Å². The first-order chi connectivity index (χ1) is 10.4. The fourth-order valence-corrected chi connectivity index (χ4v) is 6.65. The molecule has 0 aromatic rings. The standard InChI is InChI=1S/C15H30N2O4Si/c1-6-9-22(10-7-2,11-8-3)21-15(19)17-16-14(18)20-12-13(4)5/h13H,6-12H2,1-5H3/b17-16+. The lowest BCUT2D eigenvalue weighted by molar-refractivity contribution is 0.140. The fraction of sp³-hybridized carbons (Fsp3) is 0.867. The zero-order chi connectivity index (χ0) is 17.0. The molecule has 7 heteroatoms. The molecule has 0 aliphatic carbocycles. The van der Waals surface area contributed by atoms with Gasteiger partial charge in [0.15, 0.2) is 0 Å². The van der Waals surface area contributed by atoms with Crippen LogP contribution in [0.3, 0.4) is 0 Å². The molecule has 0 aliphatic rings. The highest BCUT2D eigenvalue weighted by atomic mass is 28.4. The summed E-state index contributed by atoms with van der Waals surface area (Å²) in [6, 6.07) is 2.77. The van der Waals surface area contributed by atoms with Crippen molar-refractivity contribution in [3.63, 3.8) is 0 Å². The predicted molar refractivity (Wildman–Crippen MR) is 88.6 cm³/mol. The molecule has 0 atom stereocenters. The van der Waals surface area contributed by atoms with Crippen molar-refractivity contribution in [3.8, 4) is 0 Å². The predicted octanol–water partition coefficient (Wildman–Crippen LogP) is 5.54. The second kappa shape index (κ2) is 11.3. The van der Waals surface area contributed by atoms with Crippen LogP contribution in [0.4, 0.5) is 9.59 Å². The van der Waals surface area contributed by atoms with Gasteiger partial charge in [0.25, 0.3) is 8.32 Å². The van der Waals surface area contributed by atoms with Crippen LogP contribution < -0.4 is 0 Å². The number of hydrogen-bond acceptors (Lipinski definition) is 4. The molecule has 0 spiro atoms. The number of hydrogen-bond donors (Lipinski definition) is 0. The van der Waals surface area contributed by atoms with Gasteiger partial charge in [-0.05, 0) is 24.1 Å². The van der Waals surface area contributed by atoms with E-state index < -0.39 is 20.5 Å². The highest BCUT2D eigenvalue weighted by Gasteiger charge is 2.36. The van der Waals surface area contributed by atoms with Crippen molar-refractivity contribution >= 4 is 20.5 Å². The molecule has 128 valence electrons. The maximum atomic E-state index is 11.9. The number of nitrogens with zero attached hydrogens (tertiary/aromatic N) is 2. The van der Waals surface area contributed by atoms with E-state index in [1.165, 1.54) is 0 Å². The molecule has 6 nitrogen and oxygen atoms in total. The number of carbonyl (C=O) groups excluding carboxylic acids is 2. The summed E-state index contributed by atoms with van der Waals surface area (Å²) in [6.07, 6.45) is 1.33. The number of amides is 2. The van der Waals surface area contributed by atoms with Gasteiger partial charge in [0.1, 0.15) is 0 Å². The van der Waals surface area contributed by atoms with Crippen LogP contribution in [0.25, 0.3) is 0 Å². The Morgan fingerprint density at radius 1 is 0.909 bits per heavy atom. The molecular weight excluding hydrogens is 300 g/mol. The quantitative estimate of drug-likeness (QED) is 0.410. The van der Waals surface area contributed by atoms with Gasteiger partial charge in [-0.1, -0.05) is 64.1 Å². The minimum absolute atomic E-state index is 0.213. The molecule has 0 saturated heterocycles. The maximum Gasteiger partial charge on any atom is 0.452 e. The van der Waals surface area contributed by atoms with Gasteiger partial charge in [-0.2, -0.15) is 0 Å². The number of rotatable bonds is 9. The number of azo groups is 1. The Hall–Kier alpha value is -1.24. The molecule has 0 rings (SSSR count). The summed E-state index contributed by atoms with van der Waals surface area (Å²) in [5, 5.41) is 6.63. The lowest BCUT2D eigenvalue weighted by atomic mass is 10.2. The summed E-state index contributed by atoms with van der Waals surface area (Å²) in [5.41, 5.74) is 0. The molecule has 0 aromatic carbocycles. The van der Waals surface area contributed by atoms with E-state index in [2.05, 4.69) is 31.0 Å². The van der Waals surface area contributed by atoms with Gasteiger partial charge >= 0.3 is 12.2 Å². The minimum Gasteiger partial charge on any atom is -0.501 e. The van der Waals surface area contributed by atoms with Crippen molar-refractivity contribution in [2.75, 3.05) is 6.61 Å². The summed E-state index contributed by atoms with van der Waals surface area (Å²) in [7, 11) is -2.12. The third-order valence-corrected chi connectivity index (χ3v) is 8.02. The maximum absolute atomic E-state index is 11.9.